The maximum atomic E-state index is 13.3. The second-order valence-corrected chi connectivity index (χ2v) is 9.40. The van der Waals surface area contributed by atoms with E-state index in [2.05, 4.69) is 5.32 Å². The first-order chi connectivity index (χ1) is 15.8. The highest BCUT2D eigenvalue weighted by atomic mass is 32.2. The van der Waals surface area contributed by atoms with Crippen LogP contribution in [0.25, 0.3) is 0 Å². The summed E-state index contributed by atoms with van der Waals surface area (Å²) in [7, 11) is -2.51. The summed E-state index contributed by atoms with van der Waals surface area (Å²) in [5.41, 5.74) is 0.800. The lowest BCUT2D eigenvalue weighted by Crippen LogP contribution is -2.50. The largest absolute Gasteiger partial charge is 0.497 e. The monoisotopic (exact) mass is 475 g/mol. The van der Waals surface area contributed by atoms with Crippen molar-refractivity contribution in [3.63, 3.8) is 0 Å². The van der Waals surface area contributed by atoms with Crippen molar-refractivity contribution in [2.45, 2.75) is 42.7 Å². The number of nitrogens with one attached hydrogen (secondary N) is 1. The Bertz CT molecular complexity index is 1020. The third kappa shape index (κ3) is 8.05. The molecule has 0 radical (unpaired) electrons. The first kappa shape index (κ1) is 26.1. The second kappa shape index (κ2) is 12.8. The Morgan fingerprint density at radius 3 is 2.39 bits per heavy atom. The van der Waals surface area contributed by atoms with Crippen molar-refractivity contribution in [1.29, 1.82) is 5.26 Å². The number of hydrogen-bond donors (Lipinski definition) is 3. The van der Waals surface area contributed by atoms with Crippen LogP contribution in [0.3, 0.4) is 0 Å². The van der Waals surface area contributed by atoms with Crippen molar-refractivity contribution < 1.29 is 28.2 Å². The van der Waals surface area contributed by atoms with Crippen LogP contribution in [0.2, 0.25) is 0 Å². The van der Waals surface area contributed by atoms with Gasteiger partial charge in [0.1, 0.15) is 5.75 Å². The normalized spacial score (nSPS) is 13.2. The molecule has 2 aromatic carbocycles. The number of methoxy groups -OCH3 is 1. The van der Waals surface area contributed by atoms with Gasteiger partial charge in [-0.15, -0.1) is 0 Å². The van der Waals surface area contributed by atoms with Gasteiger partial charge in [-0.2, -0.15) is 9.57 Å². The molecule has 0 aliphatic carbocycles. The fraction of sp³-hybridized carbons (Fsp3) is 0.391. The summed E-state index contributed by atoms with van der Waals surface area (Å²) in [6.45, 7) is -0.225. The topological polar surface area (TPSA) is 140 Å². The van der Waals surface area contributed by atoms with Crippen LogP contribution in [0, 0.1) is 11.3 Å². The molecule has 0 heterocycles. The van der Waals surface area contributed by atoms with Gasteiger partial charge in [-0.05, 0) is 49.1 Å². The fourth-order valence-corrected chi connectivity index (χ4v) is 4.84. The molecule has 2 rings (SSSR count). The summed E-state index contributed by atoms with van der Waals surface area (Å²) < 4.78 is 32.8. The third-order valence-electron chi connectivity index (χ3n) is 5.11. The van der Waals surface area contributed by atoms with E-state index < -0.39 is 28.3 Å². The minimum absolute atomic E-state index is 0.0292. The maximum Gasteiger partial charge on any atom is 0.404 e. The molecule has 33 heavy (non-hydrogen) atoms. The van der Waals surface area contributed by atoms with Crippen LogP contribution in [0.4, 0.5) is 4.79 Å². The molecule has 178 valence electrons. The van der Waals surface area contributed by atoms with Gasteiger partial charge in [-0.25, -0.2) is 13.2 Å². The fourth-order valence-electron chi connectivity index (χ4n) is 3.34. The number of nitrogens with zero attached hydrogens (tertiary/aromatic N) is 2. The molecule has 0 aliphatic rings. The number of aliphatic hydroxyl groups is 1. The van der Waals surface area contributed by atoms with E-state index in [1.54, 1.807) is 24.3 Å². The SMILES string of the molecule is COc1ccc(S(=O)(=O)N(CCCCC#N)C[C@@H](O)[C@H](Cc2ccccc2)NC(=O)O)cc1. The van der Waals surface area contributed by atoms with E-state index >= 15 is 0 Å². The molecule has 0 unspecified atom stereocenters. The number of aliphatic hydroxyl groups excluding tert-OH is 1. The second-order valence-electron chi connectivity index (χ2n) is 7.47. The van der Waals surface area contributed by atoms with Gasteiger partial charge in [0.25, 0.3) is 0 Å². The summed E-state index contributed by atoms with van der Waals surface area (Å²) in [4.78, 5) is 11.3. The van der Waals surface area contributed by atoms with E-state index in [0.29, 0.717) is 18.6 Å². The van der Waals surface area contributed by atoms with Gasteiger partial charge in [0.05, 0.1) is 30.2 Å². The van der Waals surface area contributed by atoms with Gasteiger partial charge in [0, 0.05) is 19.5 Å². The van der Waals surface area contributed by atoms with Gasteiger partial charge in [0.2, 0.25) is 10.0 Å². The van der Waals surface area contributed by atoms with E-state index in [1.807, 2.05) is 12.1 Å². The molecule has 0 saturated heterocycles. The van der Waals surface area contributed by atoms with Crippen molar-refractivity contribution in [3.05, 3.63) is 60.2 Å². The number of rotatable bonds is 13. The minimum Gasteiger partial charge on any atom is -0.497 e. The van der Waals surface area contributed by atoms with Gasteiger partial charge >= 0.3 is 6.09 Å². The molecule has 2 atom stereocenters. The molecule has 0 fully saturated rings. The maximum absolute atomic E-state index is 13.3. The van der Waals surface area contributed by atoms with Gasteiger partial charge in [-0.1, -0.05) is 30.3 Å². The van der Waals surface area contributed by atoms with Crippen molar-refractivity contribution in [2.24, 2.45) is 0 Å². The third-order valence-corrected chi connectivity index (χ3v) is 6.99. The van der Waals surface area contributed by atoms with E-state index in [1.165, 1.54) is 31.4 Å². The Labute approximate surface area is 194 Å². The summed E-state index contributed by atoms with van der Waals surface area (Å²) in [5, 5.41) is 31.2. The molecule has 0 saturated carbocycles. The predicted molar refractivity (Wildman–Crippen MR) is 122 cm³/mol. The Morgan fingerprint density at radius 2 is 1.82 bits per heavy atom. The van der Waals surface area contributed by atoms with Crippen LogP contribution in [0.1, 0.15) is 24.8 Å². The van der Waals surface area contributed by atoms with Gasteiger partial charge in [-0.3, -0.25) is 0 Å². The van der Waals surface area contributed by atoms with Gasteiger partial charge in [0.15, 0.2) is 0 Å². The number of nitriles is 1. The molecule has 1 amide bonds. The standard InChI is InChI=1S/C23H29N3O6S/c1-32-19-10-12-20(13-11-19)33(30,31)26(15-7-3-6-14-24)17-22(27)21(25-23(28)29)16-18-8-4-2-5-9-18/h2,4-5,8-13,21-22,25,27H,3,6-7,15-17H2,1H3,(H,28,29)/t21-,22+/m0/s1. The first-order valence-corrected chi connectivity index (χ1v) is 11.9. The Morgan fingerprint density at radius 1 is 1.15 bits per heavy atom. The molecule has 9 nitrogen and oxygen atoms in total. The number of carbonyl (C=O) groups is 1. The zero-order valence-electron chi connectivity index (χ0n) is 18.4. The predicted octanol–water partition coefficient (Wildman–Crippen LogP) is 2.62. The molecule has 0 aromatic heterocycles. The van der Waals surface area contributed by atoms with Crippen molar-refractivity contribution in [1.82, 2.24) is 9.62 Å². The molecular formula is C23H29N3O6S. The first-order valence-electron chi connectivity index (χ1n) is 10.5. The van der Waals surface area contributed by atoms with Gasteiger partial charge < -0.3 is 20.3 Å². The van der Waals surface area contributed by atoms with Crippen molar-refractivity contribution in [2.75, 3.05) is 20.2 Å². The molecule has 2 aromatic rings. The van der Waals surface area contributed by atoms with Crippen LogP contribution in [-0.2, 0) is 16.4 Å². The number of ether oxygens (including phenoxy) is 1. The molecule has 0 bridgehead atoms. The molecule has 0 spiro atoms. The summed E-state index contributed by atoms with van der Waals surface area (Å²) in [6, 6.07) is 16.0. The molecule has 3 N–H and O–H groups in total. The average Bonchev–Trinajstić information content (AvgIpc) is 2.80. The smallest absolute Gasteiger partial charge is 0.404 e. The molecule has 10 heteroatoms. The highest BCUT2D eigenvalue weighted by Crippen LogP contribution is 2.21. The highest BCUT2D eigenvalue weighted by Gasteiger charge is 2.30. The van der Waals surface area contributed by atoms with Crippen LogP contribution < -0.4 is 10.1 Å². The van der Waals surface area contributed by atoms with E-state index in [9.17, 15) is 23.4 Å². The number of hydrogen-bond acceptors (Lipinski definition) is 6. The van der Waals surface area contributed by atoms with Crippen molar-refractivity contribution in [3.8, 4) is 11.8 Å². The van der Waals surface area contributed by atoms with E-state index in [0.717, 1.165) is 9.87 Å². The number of sulfonamides is 1. The number of benzene rings is 2. The van der Waals surface area contributed by atoms with Crippen LogP contribution >= 0.6 is 0 Å². The number of carboxylic acid groups (broad SMARTS) is 1. The summed E-state index contributed by atoms with van der Waals surface area (Å²) >= 11 is 0. The zero-order valence-corrected chi connectivity index (χ0v) is 19.2. The summed E-state index contributed by atoms with van der Waals surface area (Å²) in [5.74, 6) is 0.503. The Kier molecular flexibility index (Phi) is 10.1. The quantitative estimate of drug-likeness (QED) is 0.378. The van der Waals surface area contributed by atoms with E-state index in [-0.39, 0.29) is 30.8 Å². The molecule has 0 aliphatic heterocycles. The van der Waals surface area contributed by atoms with E-state index in [4.69, 9.17) is 10.00 Å². The van der Waals surface area contributed by atoms with Crippen LogP contribution in [0.15, 0.2) is 59.5 Å². The number of unbranched alkanes of at least 4 members (excludes halogenated alkanes) is 2. The Hall–Kier alpha value is -3.13. The lowest BCUT2D eigenvalue weighted by Gasteiger charge is -2.29. The lowest BCUT2D eigenvalue weighted by molar-refractivity contribution is 0.0999. The summed E-state index contributed by atoms with van der Waals surface area (Å²) in [6.07, 6.45) is -1.21. The zero-order chi connectivity index (χ0) is 24.3. The van der Waals surface area contributed by atoms with Crippen molar-refractivity contribution >= 4 is 16.1 Å². The highest BCUT2D eigenvalue weighted by molar-refractivity contribution is 7.89. The molecular weight excluding hydrogens is 446 g/mol. The minimum atomic E-state index is -3.98. The van der Waals surface area contributed by atoms with Crippen LogP contribution in [0.5, 0.6) is 5.75 Å². The average molecular weight is 476 g/mol. The number of amides is 1. The lowest BCUT2D eigenvalue weighted by atomic mass is 10.0. The Balaban J connectivity index is 2.26. The van der Waals surface area contributed by atoms with Crippen LogP contribution in [-0.4, -0.2) is 61.4 Å².